The van der Waals surface area contributed by atoms with Crippen LogP contribution in [0.1, 0.15) is 107 Å². The van der Waals surface area contributed by atoms with E-state index in [-0.39, 0.29) is 61.2 Å². The average molecular weight is 602 g/mol. The Bertz CT molecular complexity index is 835. The number of cyclic esters (lactones) is 1. The molecule has 0 bridgehead atoms. The maximum Gasteiger partial charge on any atom is 0.329 e. The molecule has 0 aromatic carbocycles. The minimum absolute atomic E-state index is 0.0528. The lowest BCUT2D eigenvalue weighted by atomic mass is 9.78. The standard InChI is InChI=1S/C32H59NO9/c1-10-11-28(39)41-31(23(9)26(37)14-22(8)34)21(7)13-20(6)30-19(5)12-18(4)25(36)15-24(35)16-27(38)33-29(17(2)3)32(40)42-30/h17-26,29-31,34-37H,10-16H2,1-9H3,(H,33,38)/t18-,19-,20+,21+,22+,23-,24+,25+,26-,29+,30-,31+/m1/s1. The van der Waals surface area contributed by atoms with Gasteiger partial charge in [0.25, 0.3) is 0 Å². The van der Waals surface area contributed by atoms with Crippen LogP contribution in [0.15, 0.2) is 0 Å². The summed E-state index contributed by atoms with van der Waals surface area (Å²) in [6, 6.07) is -0.898. The Morgan fingerprint density at radius 3 is 2.17 bits per heavy atom. The highest BCUT2D eigenvalue weighted by Crippen LogP contribution is 2.34. The number of rotatable bonds is 12. The molecule has 1 amide bonds. The molecule has 0 aromatic heterocycles. The number of hydrogen-bond donors (Lipinski definition) is 5. The second-order valence-electron chi connectivity index (χ2n) is 13.4. The first-order chi connectivity index (χ1) is 19.5. The van der Waals surface area contributed by atoms with Crippen molar-refractivity contribution in [1.82, 2.24) is 5.32 Å². The zero-order chi connectivity index (χ0) is 32.3. The van der Waals surface area contributed by atoms with Gasteiger partial charge in [0.05, 0.1) is 30.8 Å². The number of hydrogen-bond acceptors (Lipinski definition) is 9. The quantitative estimate of drug-likeness (QED) is 0.211. The van der Waals surface area contributed by atoms with Gasteiger partial charge in [0.2, 0.25) is 5.91 Å². The smallest absolute Gasteiger partial charge is 0.329 e. The third-order valence-electron chi connectivity index (χ3n) is 8.68. The molecule has 10 heteroatoms. The highest BCUT2D eigenvalue weighted by molar-refractivity contribution is 5.85. The van der Waals surface area contributed by atoms with Crippen LogP contribution in [0.3, 0.4) is 0 Å². The molecule has 246 valence electrons. The van der Waals surface area contributed by atoms with Gasteiger partial charge < -0.3 is 35.2 Å². The van der Waals surface area contributed by atoms with Gasteiger partial charge >= 0.3 is 11.9 Å². The molecule has 0 spiro atoms. The number of carbonyl (C=O) groups is 3. The van der Waals surface area contributed by atoms with Gasteiger partial charge in [-0.05, 0) is 68.6 Å². The molecular weight excluding hydrogens is 542 g/mol. The summed E-state index contributed by atoms with van der Waals surface area (Å²) in [7, 11) is 0. The van der Waals surface area contributed by atoms with Crippen molar-refractivity contribution in [2.24, 2.45) is 35.5 Å². The Balaban J connectivity index is 3.32. The van der Waals surface area contributed by atoms with Gasteiger partial charge in [0.15, 0.2) is 0 Å². The largest absolute Gasteiger partial charge is 0.462 e. The third kappa shape index (κ3) is 12.5. The van der Waals surface area contributed by atoms with Gasteiger partial charge in [-0.3, -0.25) is 9.59 Å². The first kappa shape index (κ1) is 38.3. The van der Waals surface area contributed by atoms with E-state index in [2.05, 4.69) is 5.32 Å². The summed E-state index contributed by atoms with van der Waals surface area (Å²) < 4.78 is 12.0. The summed E-state index contributed by atoms with van der Waals surface area (Å²) in [5.74, 6) is -2.87. The predicted octanol–water partition coefficient (Wildman–Crippen LogP) is 3.36. The molecule has 0 radical (unpaired) electrons. The number of aliphatic hydroxyl groups is 4. The minimum atomic E-state index is -1.03. The normalized spacial score (nSPS) is 30.8. The monoisotopic (exact) mass is 601 g/mol. The first-order valence-corrected chi connectivity index (χ1v) is 15.9. The molecule has 1 rings (SSSR count). The molecule has 0 unspecified atom stereocenters. The lowest BCUT2D eigenvalue weighted by molar-refractivity contribution is -0.163. The first-order valence-electron chi connectivity index (χ1n) is 15.9. The maximum absolute atomic E-state index is 13.5. The fourth-order valence-electron chi connectivity index (χ4n) is 6.21. The molecule has 1 aliphatic rings. The van der Waals surface area contributed by atoms with Crippen LogP contribution in [0.4, 0.5) is 0 Å². The Morgan fingerprint density at radius 1 is 1.00 bits per heavy atom. The van der Waals surface area contributed by atoms with E-state index in [1.165, 1.54) is 0 Å². The van der Waals surface area contributed by atoms with E-state index < -0.39 is 60.5 Å². The van der Waals surface area contributed by atoms with Crippen molar-refractivity contribution in [2.45, 2.75) is 150 Å². The van der Waals surface area contributed by atoms with Crippen LogP contribution in [0.2, 0.25) is 0 Å². The fourth-order valence-corrected chi connectivity index (χ4v) is 6.21. The molecule has 1 aliphatic heterocycles. The van der Waals surface area contributed by atoms with Gasteiger partial charge in [-0.2, -0.15) is 0 Å². The average Bonchev–Trinajstić information content (AvgIpc) is 2.87. The summed E-state index contributed by atoms with van der Waals surface area (Å²) >= 11 is 0. The molecule has 1 heterocycles. The molecule has 42 heavy (non-hydrogen) atoms. The molecule has 0 aromatic rings. The Morgan fingerprint density at radius 2 is 1.62 bits per heavy atom. The molecule has 10 nitrogen and oxygen atoms in total. The van der Waals surface area contributed by atoms with Gasteiger partial charge in [-0.25, -0.2) is 4.79 Å². The van der Waals surface area contributed by atoms with Crippen LogP contribution >= 0.6 is 0 Å². The molecule has 1 saturated heterocycles. The number of carbonyl (C=O) groups excluding carboxylic acids is 3. The van der Waals surface area contributed by atoms with Crippen molar-refractivity contribution in [3.05, 3.63) is 0 Å². The lowest BCUT2D eigenvalue weighted by Crippen LogP contribution is -2.48. The number of ether oxygens (including phenoxy) is 2. The van der Waals surface area contributed by atoms with Crippen LogP contribution < -0.4 is 5.32 Å². The van der Waals surface area contributed by atoms with Crippen LogP contribution in [0.25, 0.3) is 0 Å². The van der Waals surface area contributed by atoms with E-state index in [9.17, 15) is 34.8 Å². The van der Waals surface area contributed by atoms with Crippen molar-refractivity contribution < 1.29 is 44.3 Å². The van der Waals surface area contributed by atoms with E-state index in [1.807, 2.05) is 55.4 Å². The topological polar surface area (TPSA) is 163 Å². The van der Waals surface area contributed by atoms with Gasteiger partial charge in [0, 0.05) is 12.3 Å². The highest BCUT2D eigenvalue weighted by atomic mass is 16.6. The molecule has 0 aliphatic carbocycles. The van der Waals surface area contributed by atoms with Gasteiger partial charge in [-0.15, -0.1) is 0 Å². The molecule has 0 saturated carbocycles. The highest BCUT2D eigenvalue weighted by Gasteiger charge is 2.38. The number of aliphatic hydroxyl groups excluding tert-OH is 4. The summed E-state index contributed by atoms with van der Waals surface area (Å²) in [5, 5.41) is 44.5. The van der Waals surface area contributed by atoms with E-state index >= 15 is 0 Å². The summed E-state index contributed by atoms with van der Waals surface area (Å²) in [5.41, 5.74) is 0. The van der Waals surface area contributed by atoms with E-state index in [0.717, 1.165) is 0 Å². The van der Waals surface area contributed by atoms with Crippen molar-refractivity contribution >= 4 is 17.8 Å². The van der Waals surface area contributed by atoms with Crippen molar-refractivity contribution in [3.8, 4) is 0 Å². The maximum atomic E-state index is 13.5. The van der Waals surface area contributed by atoms with Crippen molar-refractivity contribution in [3.63, 3.8) is 0 Å². The number of amides is 1. The Kier molecular flexibility index (Phi) is 16.5. The van der Waals surface area contributed by atoms with Crippen molar-refractivity contribution in [1.29, 1.82) is 0 Å². The fraction of sp³-hybridized carbons (Fsp3) is 0.906. The zero-order valence-corrected chi connectivity index (χ0v) is 27.3. The van der Waals surface area contributed by atoms with Crippen LogP contribution in [-0.2, 0) is 23.9 Å². The van der Waals surface area contributed by atoms with Crippen LogP contribution in [-0.4, -0.2) is 80.9 Å². The number of esters is 2. The van der Waals surface area contributed by atoms with E-state index in [1.54, 1.807) is 6.92 Å². The second kappa shape index (κ2) is 18.1. The molecular formula is C32H59NO9. The SMILES string of the molecule is CCCC(=O)O[C@H]([C@H](C)[C@H](O)C[C@H](C)O)[C@@H](C)C[C@H](C)[C@@H]1OC(=O)[C@H](C(C)C)NC(=O)C[C@@H](O)C[C@H](O)[C@H](C)C[C@H]1C. The van der Waals surface area contributed by atoms with Crippen LogP contribution in [0, 0.1) is 35.5 Å². The number of nitrogens with one attached hydrogen (secondary N) is 1. The Hall–Kier alpha value is -1.75. The van der Waals surface area contributed by atoms with Crippen molar-refractivity contribution in [2.75, 3.05) is 0 Å². The second-order valence-corrected chi connectivity index (χ2v) is 13.4. The van der Waals surface area contributed by atoms with E-state index in [0.29, 0.717) is 19.3 Å². The molecule has 1 fully saturated rings. The van der Waals surface area contributed by atoms with Gasteiger partial charge in [-0.1, -0.05) is 55.4 Å². The van der Waals surface area contributed by atoms with E-state index in [4.69, 9.17) is 9.47 Å². The summed E-state index contributed by atoms with van der Waals surface area (Å²) in [6.45, 7) is 16.7. The summed E-state index contributed by atoms with van der Waals surface area (Å²) in [4.78, 5) is 38.6. The van der Waals surface area contributed by atoms with Gasteiger partial charge in [0.1, 0.15) is 18.2 Å². The van der Waals surface area contributed by atoms with Crippen LogP contribution in [0.5, 0.6) is 0 Å². The predicted molar refractivity (Wildman–Crippen MR) is 160 cm³/mol. The Labute approximate surface area is 252 Å². The summed E-state index contributed by atoms with van der Waals surface area (Å²) in [6.07, 6.45) is -2.73. The molecule has 12 atom stereocenters. The minimum Gasteiger partial charge on any atom is -0.462 e. The molecule has 5 N–H and O–H groups in total. The zero-order valence-electron chi connectivity index (χ0n) is 27.3. The third-order valence-corrected chi connectivity index (χ3v) is 8.68. The lowest BCUT2D eigenvalue weighted by Gasteiger charge is -2.37.